The van der Waals surface area contributed by atoms with E-state index in [1.165, 1.54) is 0 Å². The summed E-state index contributed by atoms with van der Waals surface area (Å²) in [7, 11) is 0. The molecule has 0 spiro atoms. The van der Waals surface area contributed by atoms with Crippen molar-refractivity contribution < 1.29 is 0 Å². The van der Waals surface area contributed by atoms with E-state index in [1.807, 2.05) is 35.8 Å². The maximum atomic E-state index is 5.96. The largest absolute Gasteiger partial charge is 0.331 e. The van der Waals surface area contributed by atoms with Gasteiger partial charge in [-0.05, 0) is 37.3 Å². The molecule has 1 aromatic carbocycles. The van der Waals surface area contributed by atoms with Crippen LogP contribution in [0.5, 0.6) is 0 Å². The number of hydrogen-bond acceptors (Lipinski definition) is 1. The lowest BCUT2D eigenvalue weighted by atomic mass is 10.3. The van der Waals surface area contributed by atoms with Gasteiger partial charge in [0.2, 0.25) is 0 Å². The molecule has 1 unspecified atom stereocenters. The predicted molar refractivity (Wildman–Crippen MR) is 67.0 cm³/mol. The molecule has 2 rings (SSSR count). The van der Waals surface area contributed by atoms with Gasteiger partial charge in [-0.1, -0.05) is 17.7 Å². The Hall–Kier alpha value is -1.06. The molecule has 1 heterocycles. The summed E-state index contributed by atoms with van der Waals surface area (Å²) in [4.78, 5) is 3.14. The van der Waals surface area contributed by atoms with E-state index >= 15 is 0 Å². The Balaban J connectivity index is 2.82. The zero-order valence-electron chi connectivity index (χ0n) is 8.33. The molecule has 0 fully saturated rings. The van der Waals surface area contributed by atoms with Gasteiger partial charge in [-0.3, -0.25) is 0 Å². The first-order valence-corrected chi connectivity index (χ1v) is 5.44. The Morgan fingerprint density at radius 3 is 3.00 bits per heavy atom. The third kappa shape index (κ3) is 1.73. The Morgan fingerprint density at radius 2 is 2.33 bits per heavy atom. The van der Waals surface area contributed by atoms with E-state index in [-0.39, 0.29) is 6.04 Å². The van der Waals surface area contributed by atoms with Crippen molar-refractivity contribution in [3.8, 4) is 0 Å². The number of hydrogen-bond donors (Lipinski definition) is 1. The zero-order valence-corrected chi connectivity index (χ0v) is 9.90. The fraction of sp³-hybridized carbons (Fsp3) is 0.182. The number of halogens is 1. The van der Waals surface area contributed by atoms with Crippen LogP contribution in [0.3, 0.4) is 0 Å². The topological polar surface area (TPSA) is 20.7 Å². The smallest absolute Gasteiger partial charge is 0.178 e. The summed E-state index contributed by atoms with van der Waals surface area (Å²) in [6.45, 7) is 5.81. The van der Waals surface area contributed by atoms with Crippen LogP contribution in [0.15, 0.2) is 30.9 Å². The summed E-state index contributed by atoms with van der Waals surface area (Å²) >= 11 is 11.2. The van der Waals surface area contributed by atoms with Crippen molar-refractivity contribution in [1.29, 1.82) is 0 Å². The van der Waals surface area contributed by atoms with Crippen molar-refractivity contribution in [3.05, 3.63) is 40.6 Å². The van der Waals surface area contributed by atoms with Gasteiger partial charge in [0.25, 0.3) is 0 Å². The maximum absolute atomic E-state index is 5.96. The fourth-order valence-corrected chi connectivity index (χ4v) is 2.15. The minimum absolute atomic E-state index is 0.157. The number of nitrogens with zero attached hydrogens (tertiary/aromatic N) is 1. The van der Waals surface area contributed by atoms with Crippen LogP contribution in [0.1, 0.15) is 13.0 Å². The number of benzene rings is 1. The van der Waals surface area contributed by atoms with E-state index in [1.54, 1.807) is 0 Å². The Morgan fingerprint density at radius 1 is 1.60 bits per heavy atom. The lowest BCUT2D eigenvalue weighted by molar-refractivity contribution is 0.673. The van der Waals surface area contributed by atoms with Crippen molar-refractivity contribution in [1.82, 2.24) is 9.55 Å². The molecule has 0 aliphatic heterocycles. The van der Waals surface area contributed by atoms with Crippen LogP contribution in [-0.2, 0) is 0 Å². The predicted octanol–water partition coefficient (Wildman–Crippen LogP) is 4.10. The summed E-state index contributed by atoms with van der Waals surface area (Å²) in [5, 5.41) is 0.710. The molecule has 1 N–H and O–H groups in total. The molecule has 0 aliphatic carbocycles. The third-order valence-electron chi connectivity index (χ3n) is 2.43. The highest BCUT2D eigenvalue weighted by Crippen LogP contribution is 2.22. The molecule has 0 amide bonds. The second-order valence-corrected chi connectivity index (χ2v) is 4.26. The van der Waals surface area contributed by atoms with E-state index < -0.39 is 0 Å². The number of fused-ring (bicyclic) bond motifs is 1. The molecule has 2 nitrogen and oxygen atoms in total. The van der Waals surface area contributed by atoms with Gasteiger partial charge in [-0.2, -0.15) is 0 Å². The van der Waals surface area contributed by atoms with Gasteiger partial charge < -0.3 is 9.55 Å². The second-order valence-electron chi connectivity index (χ2n) is 3.44. The van der Waals surface area contributed by atoms with Crippen molar-refractivity contribution >= 4 is 34.9 Å². The molecular weight excluding hydrogens is 228 g/mol. The molecule has 0 bridgehead atoms. The first-order valence-electron chi connectivity index (χ1n) is 4.66. The van der Waals surface area contributed by atoms with Gasteiger partial charge in [0.15, 0.2) is 4.77 Å². The number of aromatic nitrogens is 2. The van der Waals surface area contributed by atoms with Gasteiger partial charge in [0, 0.05) is 5.02 Å². The lowest BCUT2D eigenvalue weighted by Crippen LogP contribution is -2.01. The van der Waals surface area contributed by atoms with Gasteiger partial charge in [-0.25, -0.2) is 0 Å². The van der Waals surface area contributed by atoms with Gasteiger partial charge >= 0.3 is 0 Å². The Bertz CT molecular complexity index is 567. The highest BCUT2D eigenvalue weighted by Gasteiger charge is 2.08. The number of imidazole rings is 1. The number of allylic oxidation sites excluding steroid dienone is 1. The van der Waals surface area contributed by atoms with Gasteiger partial charge in [0.1, 0.15) is 0 Å². The van der Waals surface area contributed by atoms with Gasteiger partial charge in [0.05, 0.1) is 17.1 Å². The second kappa shape index (κ2) is 3.83. The first kappa shape index (κ1) is 10.5. The van der Waals surface area contributed by atoms with Crippen LogP contribution in [0.2, 0.25) is 5.02 Å². The quantitative estimate of drug-likeness (QED) is 0.617. The molecule has 15 heavy (non-hydrogen) atoms. The van der Waals surface area contributed by atoms with E-state index in [0.29, 0.717) is 9.79 Å². The first-order chi connectivity index (χ1) is 7.13. The molecule has 0 saturated carbocycles. The monoisotopic (exact) mass is 238 g/mol. The third-order valence-corrected chi connectivity index (χ3v) is 2.96. The average molecular weight is 239 g/mol. The van der Waals surface area contributed by atoms with Crippen molar-refractivity contribution in [2.24, 2.45) is 0 Å². The summed E-state index contributed by atoms with van der Waals surface area (Å²) < 4.78 is 2.70. The van der Waals surface area contributed by atoms with Crippen molar-refractivity contribution in [3.63, 3.8) is 0 Å². The average Bonchev–Trinajstić information content (AvgIpc) is 2.52. The number of nitrogens with one attached hydrogen (secondary N) is 1. The van der Waals surface area contributed by atoms with Crippen LogP contribution >= 0.6 is 23.8 Å². The molecule has 1 aromatic heterocycles. The standard InChI is InChI=1S/C11H11ClN2S/c1-3-7(2)14-10-6-8(12)4-5-9(10)13-11(14)15/h3-7H,1H2,2H3,(H,13,15). The molecule has 0 aliphatic rings. The molecule has 1 atom stereocenters. The van der Waals surface area contributed by atoms with Crippen molar-refractivity contribution in [2.45, 2.75) is 13.0 Å². The molecule has 78 valence electrons. The molecule has 0 radical (unpaired) electrons. The summed E-state index contributed by atoms with van der Waals surface area (Å²) in [6.07, 6.45) is 1.85. The summed E-state index contributed by atoms with van der Waals surface area (Å²) in [5.74, 6) is 0. The van der Waals surface area contributed by atoms with E-state index in [2.05, 4.69) is 11.6 Å². The molecule has 2 aromatic rings. The number of aromatic amines is 1. The number of rotatable bonds is 2. The lowest BCUT2D eigenvalue weighted by Gasteiger charge is -2.09. The van der Waals surface area contributed by atoms with Crippen LogP contribution in [-0.4, -0.2) is 9.55 Å². The van der Waals surface area contributed by atoms with E-state index in [9.17, 15) is 0 Å². The molecule has 0 saturated heterocycles. The van der Waals surface area contributed by atoms with Crippen LogP contribution in [0, 0.1) is 4.77 Å². The summed E-state index contributed by atoms with van der Waals surface area (Å²) in [6, 6.07) is 5.84. The fourth-order valence-electron chi connectivity index (χ4n) is 1.60. The number of H-pyrrole nitrogens is 1. The van der Waals surface area contributed by atoms with Gasteiger partial charge in [-0.15, -0.1) is 6.58 Å². The SMILES string of the molecule is C=CC(C)n1c(=S)[nH]c2ccc(Cl)cc21. The van der Waals surface area contributed by atoms with Crippen LogP contribution in [0.4, 0.5) is 0 Å². The van der Waals surface area contributed by atoms with Crippen LogP contribution in [0.25, 0.3) is 11.0 Å². The van der Waals surface area contributed by atoms with Crippen LogP contribution < -0.4 is 0 Å². The molecule has 4 heteroatoms. The normalized spacial score (nSPS) is 12.9. The minimum atomic E-state index is 0.157. The maximum Gasteiger partial charge on any atom is 0.178 e. The van der Waals surface area contributed by atoms with E-state index in [0.717, 1.165) is 11.0 Å². The molecular formula is C11H11ClN2S. The highest BCUT2D eigenvalue weighted by molar-refractivity contribution is 7.71. The van der Waals surface area contributed by atoms with Crippen molar-refractivity contribution in [2.75, 3.05) is 0 Å². The zero-order chi connectivity index (χ0) is 11.0. The Kier molecular flexibility index (Phi) is 2.67. The van der Waals surface area contributed by atoms with E-state index in [4.69, 9.17) is 23.8 Å². The minimum Gasteiger partial charge on any atom is -0.331 e. The summed E-state index contributed by atoms with van der Waals surface area (Å²) in [5.41, 5.74) is 2.01. The highest BCUT2D eigenvalue weighted by atomic mass is 35.5. The Labute approximate surface area is 98.2 Å².